The van der Waals surface area contributed by atoms with Gasteiger partial charge < -0.3 is 25.0 Å². The van der Waals surface area contributed by atoms with E-state index < -0.39 is 24.5 Å². The van der Waals surface area contributed by atoms with Gasteiger partial charge in [-0.15, -0.1) is 0 Å². The van der Waals surface area contributed by atoms with Gasteiger partial charge in [-0.05, 0) is 13.8 Å². The van der Waals surface area contributed by atoms with Gasteiger partial charge in [0.2, 0.25) is 0 Å². The largest absolute Gasteiger partial charge is 0.394 e. The van der Waals surface area contributed by atoms with Gasteiger partial charge in [0.05, 0.1) is 12.9 Å². The van der Waals surface area contributed by atoms with Gasteiger partial charge in [0.1, 0.15) is 24.1 Å². The molecule has 0 unspecified atom stereocenters. The topological polar surface area (TPSA) is 115 Å². The van der Waals surface area contributed by atoms with Gasteiger partial charge in [0.15, 0.2) is 23.2 Å². The van der Waals surface area contributed by atoms with E-state index in [0.717, 1.165) is 0 Å². The fraction of sp³-hybridized carbons (Fsp3) is 0.643. The molecule has 0 amide bonds. The van der Waals surface area contributed by atoms with Crippen LogP contribution >= 0.6 is 0 Å². The predicted molar refractivity (Wildman–Crippen MR) is 82.0 cm³/mol. The van der Waals surface area contributed by atoms with Gasteiger partial charge in [-0.1, -0.05) is 0 Å². The van der Waals surface area contributed by atoms with Crippen LogP contribution in [-0.2, 0) is 9.47 Å². The molecule has 3 N–H and O–H groups in total. The Kier molecular flexibility index (Phi) is 4.44. The Labute approximate surface area is 133 Å². The third kappa shape index (κ3) is 2.65. The number of hydrogen-bond donors (Lipinski definition) is 3. The van der Waals surface area contributed by atoms with E-state index in [1.54, 1.807) is 24.9 Å². The lowest BCUT2D eigenvalue weighted by molar-refractivity contribution is -0.0677. The summed E-state index contributed by atoms with van der Waals surface area (Å²) in [6.45, 7) is 3.76. The molecule has 9 nitrogen and oxygen atoms in total. The van der Waals surface area contributed by atoms with Crippen LogP contribution in [0, 0.1) is 6.92 Å². The summed E-state index contributed by atoms with van der Waals surface area (Å²) in [4.78, 5) is 13.1. The standard InChI is InChI=1S/C14H21N5O4/c1-4-22-11-10(21)8(5-20)23-14(11)19-6-16-9-12(15-3)17-7(2)18-13(9)19/h6,8,10-11,14,20-21H,4-5H2,1-3H3,(H,15,17,18)/t8-,10-,11-,14-/m1/s1. The summed E-state index contributed by atoms with van der Waals surface area (Å²) < 4.78 is 13.1. The SMILES string of the molecule is CCO[C@@H]1[C@H](O)[C@@H](CO)O[C@H]1n1cnc2c(NC)nc(C)nc21. The monoisotopic (exact) mass is 323 g/mol. The predicted octanol–water partition coefficient (Wildman–Crippen LogP) is -0.168. The molecule has 1 saturated heterocycles. The minimum Gasteiger partial charge on any atom is -0.394 e. The number of fused-ring (bicyclic) bond motifs is 1. The minimum atomic E-state index is -0.922. The van der Waals surface area contributed by atoms with E-state index >= 15 is 0 Å². The Morgan fingerprint density at radius 3 is 2.87 bits per heavy atom. The maximum absolute atomic E-state index is 10.3. The van der Waals surface area contributed by atoms with Crippen molar-refractivity contribution in [2.24, 2.45) is 0 Å². The van der Waals surface area contributed by atoms with Crippen LogP contribution < -0.4 is 5.32 Å². The van der Waals surface area contributed by atoms with E-state index in [1.165, 1.54) is 0 Å². The first kappa shape index (κ1) is 16.1. The van der Waals surface area contributed by atoms with E-state index in [1.807, 2.05) is 6.92 Å². The summed E-state index contributed by atoms with van der Waals surface area (Å²) in [5.41, 5.74) is 1.20. The normalized spacial score (nSPS) is 27.7. The zero-order chi connectivity index (χ0) is 16.6. The average molecular weight is 323 g/mol. The molecule has 1 aliphatic rings. The van der Waals surface area contributed by atoms with Crippen molar-refractivity contribution in [1.82, 2.24) is 19.5 Å². The number of anilines is 1. The molecule has 0 bridgehead atoms. The van der Waals surface area contributed by atoms with Crippen molar-refractivity contribution in [3.8, 4) is 0 Å². The first-order valence-corrected chi connectivity index (χ1v) is 7.55. The lowest BCUT2D eigenvalue weighted by Gasteiger charge is -2.21. The van der Waals surface area contributed by atoms with Crippen LogP contribution in [0.5, 0.6) is 0 Å². The highest BCUT2D eigenvalue weighted by atomic mass is 16.6. The van der Waals surface area contributed by atoms with Crippen LogP contribution in [0.1, 0.15) is 19.0 Å². The van der Waals surface area contributed by atoms with Crippen LogP contribution in [0.25, 0.3) is 11.2 Å². The second-order valence-corrected chi connectivity index (χ2v) is 5.35. The summed E-state index contributed by atoms with van der Waals surface area (Å²) in [6, 6.07) is 0. The lowest BCUT2D eigenvalue weighted by Crippen LogP contribution is -2.35. The van der Waals surface area contributed by atoms with Crippen molar-refractivity contribution < 1.29 is 19.7 Å². The highest BCUT2D eigenvalue weighted by molar-refractivity contribution is 5.82. The number of ether oxygens (including phenoxy) is 2. The third-order valence-electron chi connectivity index (χ3n) is 3.90. The van der Waals surface area contributed by atoms with Crippen LogP contribution in [0.2, 0.25) is 0 Å². The number of imidazole rings is 1. The van der Waals surface area contributed by atoms with Crippen LogP contribution in [0.4, 0.5) is 5.82 Å². The van der Waals surface area contributed by atoms with Gasteiger partial charge in [0, 0.05) is 13.7 Å². The highest BCUT2D eigenvalue weighted by Gasteiger charge is 2.45. The van der Waals surface area contributed by atoms with Gasteiger partial charge in [-0.2, -0.15) is 0 Å². The molecule has 0 saturated carbocycles. The van der Waals surface area contributed by atoms with Crippen LogP contribution in [0.3, 0.4) is 0 Å². The first-order valence-electron chi connectivity index (χ1n) is 7.55. The molecular weight excluding hydrogens is 302 g/mol. The average Bonchev–Trinajstić information content (AvgIpc) is 3.09. The Morgan fingerprint density at radius 2 is 2.22 bits per heavy atom. The molecule has 2 aromatic rings. The fourth-order valence-corrected chi connectivity index (χ4v) is 2.85. The number of rotatable bonds is 5. The number of aromatic nitrogens is 4. The summed E-state index contributed by atoms with van der Waals surface area (Å²) in [5, 5.41) is 22.7. The van der Waals surface area contributed by atoms with Gasteiger partial charge >= 0.3 is 0 Å². The van der Waals surface area contributed by atoms with Crippen molar-refractivity contribution in [3.63, 3.8) is 0 Å². The van der Waals surface area contributed by atoms with E-state index in [4.69, 9.17) is 9.47 Å². The van der Waals surface area contributed by atoms with E-state index in [0.29, 0.717) is 29.4 Å². The van der Waals surface area contributed by atoms with Crippen LogP contribution in [-0.4, -0.2) is 68.3 Å². The zero-order valence-corrected chi connectivity index (χ0v) is 13.3. The van der Waals surface area contributed by atoms with Crippen molar-refractivity contribution in [3.05, 3.63) is 12.2 Å². The summed E-state index contributed by atoms with van der Waals surface area (Å²) in [5.74, 6) is 1.21. The Hall–Kier alpha value is -1.81. The number of aliphatic hydroxyl groups excluding tert-OH is 2. The van der Waals surface area contributed by atoms with Gasteiger partial charge in [-0.25, -0.2) is 15.0 Å². The molecule has 9 heteroatoms. The molecule has 126 valence electrons. The Balaban J connectivity index is 2.06. The molecule has 3 rings (SSSR count). The molecule has 2 aromatic heterocycles. The number of nitrogens with zero attached hydrogens (tertiary/aromatic N) is 4. The molecule has 4 atom stereocenters. The van der Waals surface area contributed by atoms with Crippen molar-refractivity contribution >= 4 is 17.0 Å². The molecule has 0 radical (unpaired) electrons. The van der Waals surface area contributed by atoms with E-state index in [9.17, 15) is 10.2 Å². The molecule has 23 heavy (non-hydrogen) atoms. The summed E-state index contributed by atoms with van der Waals surface area (Å²) in [7, 11) is 1.76. The Bertz CT molecular complexity index is 691. The minimum absolute atomic E-state index is 0.288. The number of nitrogens with one attached hydrogen (secondary N) is 1. The summed E-state index contributed by atoms with van der Waals surface area (Å²) >= 11 is 0. The lowest BCUT2D eigenvalue weighted by atomic mass is 10.1. The van der Waals surface area contributed by atoms with Gasteiger partial charge in [-0.3, -0.25) is 4.57 Å². The molecule has 0 spiro atoms. The van der Waals surface area contributed by atoms with Crippen molar-refractivity contribution in [2.45, 2.75) is 38.4 Å². The summed E-state index contributed by atoms with van der Waals surface area (Å²) in [6.07, 6.45) is -1.27. The molecule has 0 aromatic carbocycles. The number of aliphatic hydroxyl groups is 2. The molecule has 0 aliphatic carbocycles. The second-order valence-electron chi connectivity index (χ2n) is 5.35. The molecule has 1 aliphatic heterocycles. The molecular formula is C14H21N5O4. The first-order chi connectivity index (χ1) is 11.1. The van der Waals surface area contributed by atoms with Crippen molar-refractivity contribution in [2.75, 3.05) is 25.6 Å². The molecule has 1 fully saturated rings. The number of aryl methyl sites for hydroxylation is 1. The van der Waals surface area contributed by atoms with E-state index in [2.05, 4.69) is 20.3 Å². The van der Waals surface area contributed by atoms with Crippen LogP contribution in [0.15, 0.2) is 6.33 Å². The smallest absolute Gasteiger partial charge is 0.167 e. The van der Waals surface area contributed by atoms with Gasteiger partial charge in [0.25, 0.3) is 0 Å². The third-order valence-corrected chi connectivity index (χ3v) is 3.90. The van der Waals surface area contributed by atoms with E-state index in [-0.39, 0.29) is 6.61 Å². The van der Waals surface area contributed by atoms with Crippen molar-refractivity contribution in [1.29, 1.82) is 0 Å². The Morgan fingerprint density at radius 1 is 1.43 bits per heavy atom. The highest BCUT2D eigenvalue weighted by Crippen LogP contribution is 2.34. The maximum Gasteiger partial charge on any atom is 0.167 e. The maximum atomic E-state index is 10.3. The molecule has 3 heterocycles. The fourth-order valence-electron chi connectivity index (χ4n) is 2.85. The zero-order valence-electron chi connectivity index (χ0n) is 13.3. The second kappa shape index (κ2) is 6.36. The quantitative estimate of drug-likeness (QED) is 0.695. The number of hydrogen-bond acceptors (Lipinski definition) is 8.